The Hall–Kier alpha value is -2.34. The number of methoxy groups -OCH3 is 2. The van der Waals surface area contributed by atoms with Crippen molar-refractivity contribution in [3.05, 3.63) is 95.6 Å². The van der Waals surface area contributed by atoms with E-state index in [0.29, 0.717) is 17.8 Å². The maximum Gasteiger partial charge on any atom is 2.00 e. The van der Waals surface area contributed by atoms with E-state index in [4.69, 9.17) is 15.2 Å². The van der Waals surface area contributed by atoms with E-state index in [2.05, 4.69) is 71.9 Å². The first kappa shape index (κ1) is 45.1. The largest absolute Gasteiger partial charge is 2.00 e. The molecular weight excluding hydrogens is 783 g/mol. The molecule has 0 bridgehead atoms. The summed E-state index contributed by atoms with van der Waals surface area (Å²) < 4.78 is 12.6. The van der Waals surface area contributed by atoms with Crippen LogP contribution >= 0.6 is 7.92 Å². The SMILES string of the molecule is COc1ccc(OC)c(P(C2CCCCC2)C2CCCCC2)c1-c1c(C(C)C)cc(C(C)C)cc1C(C)C.Nc1ccccc1-c1[c-]cccc1.[Cl-].[Pd+2]. The molecule has 0 saturated heterocycles. The maximum atomic E-state index is 6.29. The van der Waals surface area contributed by atoms with Gasteiger partial charge in [-0.15, -0.1) is 35.9 Å². The van der Waals surface area contributed by atoms with Crippen molar-refractivity contribution >= 4 is 18.9 Å². The van der Waals surface area contributed by atoms with Gasteiger partial charge in [-0.1, -0.05) is 124 Å². The molecule has 3 nitrogen and oxygen atoms in total. The van der Waals surface area contributed by atoms with Gasteiger partial charge >= 0.3 is 20.4 Å². The van der Waals surface area contributed by atoms with Gasteiger partial charge in [-0.25, -0.2) is 0 Å². The van der Waals surface area contributed by atoms with Crippen molar-refractivity contribution in [3.63, 3.8) is 0 Å². The van der Waals surface area contributed by atoms with Gasteiger partial charge in [0.1, 0.15) is 11.5 Å². The van der Waals surface area contributed by atoms with Crippen LogP contribution in [0.4, 0.5) is 5.69 Å². The van der Waals surface area contributed by atoms with Crippen molar-refractivity contribution in [2.45, 2.75) is 135 Å². The van der Waals surface area contributed by atoms with E-state index >= 15 is 0 Å². The summed E-state index contributed by atoms with van der Waals surface area (Å²) in [4.78, 5) is 0. The second-order valence-electron chi connectivity index (χ2n) is 15.6. The standard InChI is InChI=1S/C35H53O2P.C12H10N.ClH.Pd/c1-23(2)26-21-29(24(3)4)33(30(22-26)25(5)6)34-31(36-7)19-20-32(37-8)35(34)38(27-15-11-9-12-16-27)28-17-13-10-14-18-28;13-12-9-5-4-8-11(12)10-6-2-1-3-7-10;;/h19-25,27-28H,9-18H2,1-8H3;1-6,8-9H,13H2;1H;/q;-1;;+2/p-1. The third-order valence-corrected chi connectivity index (χ3v) is 14.6. The van der Waals surface area contributed by atoms with Gasteiger partial charge in [0.05, 0.1) is 14.2 Å². The zero-order valence-electron chi connectivity index (χ0n) is 33.4. The first-order valence-corrected chi connectivity index (χ1v) is 21.2. The smallest absolute Gasteiger partial charge is 1.00 e. The van der Waals surface area contributed by atoms with Crippen molar-refractivity contribution in [2.75, 3.05) is 20.0 Å². The molecule has 53 heavy (non-hydrogen) atoms. The number of nitrogens with two attached hydrogens (primary N) is 1. The van der Waals surface area contributed by atoms with Crippen LogP contribution in [0.15, 0.2) is 72.8 Å². The van der Waals surface area contributed by atoms with E-state index in [1.54, 1.807) is 0 Å². The van der Waals surface area contributed by atoms with Crippen molar-refractivity contribution in [1.29, 1.82) is 0 Å². The number of hydrogen-bond acceptors (Lipinski definition) is 3. The third kappa shape index (κ3) is 10.9. The minimum Gasteiger partial charge on any atom is -1.00 e. The van der Waals surface area contributed by atoms with Gasteiger partial charge in [-0.3, -0.25) is 0 Å². The first-order chi connectivity index (χ1) is 24.7. The maximum absolute atomic E-state index is 6.29. The van der Waals surface area contributed by atoms with Crippen molar-refractivity contribution in [3.8, 4) is 33.8 Å². The van der Waals surface area contributed by atoms with E-state index < -0.39 is 0 Å². The summed E-state index contributed by atoms with van der Waals surface area (Å²) in [5.74, 6) is 3.50. The number of anilines is 1. The van der Waals surface area contributed by atoms with Crippen molar-refractivity contribution in [2.24, 2.45) is 0 Å². The Morgan fingerprint density at radius 1 is 0.642 bits per heavy atom. The Bertz CT molecular complexity index is 1650. The van der Waals surface area contributed by atoms with Gasteiger partial charge in [0, 0.05) is 10.9 Å². The van der Waals surface area contributed by atoms with Crippen LogP contribution in [-0.4, -0.2) is 25.5 Å². The quantitative estimate of drug-likeness (QED) is 0.0749. The summed E-state index contributed by atoms with van der Waals surface area (Å²) in [6, 6.07) is 28.2. The molecule has 2 N–H and O–H groups in total. The first-order valence-electron chi connectivity index (χ1n) is 19.7. The van der Waals surface area contributed by atoms with E-state index in [-0.39, 0.29) is 40.8 Å². The van der Waals surface area contributed by atoms with Crippen LogP contribution in [0.1, 0.15) is 140 Å². The van der Waals surface area contributed by atoms with Crippen LogP contribution in [-0.2, 0) is 20.4 Å². The molecule has 2 fully saturated rings. The summed E-state index contributed by atoms with van der Waals surface area (Å²) in [5, 5.41) is 1.52. The number of rotatable bonds is 10. The molecule has 2 aliphatic carbocycles. The number of hydrogen-bond donors (Lipinski definition) is 1. The molecule has 0 spiro atoms. The monoisotopic (exact) mass is 845 g/mol. The Balaban J connectivity index is 0.000000424. The molecule has 0 atom stereocenters. The summed E-state index contributed by atoms with van der Waals surface area (Å²) in [7, 11) is 3.38. The van der Waals surface area contributed by atoms with Crippen LogP contribution in [0.5, 0.6) is 11.5 Å². The second-order valence-corrected chi connectivity index (χ2v) is 18.3. The molecule has 0 heterocycles. The fourth-order valence-electron chi connectivity index (χ4n) is 8.32. The normalized spacial score (nSPS) is 15.1. The number of nitrogen functional groups attached to an aromatic ring is 1. The van der Waals surface area contributed by atoms with Crippen LogP contribution in [0.3, 0.4) is 0 Å². The zero-order chi connectivity index (χ0) is 36.5. The molecule has 290 valence electrons. The predicted octanol–water partition coefficient (Wildman–Crippen LogP) is 10.3. The summed E-state index contributed by atoms with van der Waals surface area (Å²) in [6.45, 7) is 14.1. The van der Waals surface area contributed by atoms with E-state index in [1.807, 2.05) is 62.8 Å². The third-order valence-electron chi connectivity index (χ3n) is 11.1. The molecule has 0 aliphatic heterocycles. The molecule has 0 unspecified atom stereocenters. The molecule has 4 aromatic rings. The summed E-state index contributed by atoms with van der Waals surface area (Å²) >= 11 is 0. The zero-order valence-corrected chi connectivity index (χ0v) is 36.6. The second kappa shape index (κ2) is 21.7. The van der Waals surface area contributed by atoms with Gasteiger partial charge in [0.2, 0.25) is 0 Å². The number of benzene rings is 4. The summed E-state index contributed by atoms with van der Waals surface area (Å²) in [5.41, 5.74) is 17.5. The minimum atomic E-state index is -0.373. The molecule has 0 aromatic heterocycles. The average molecular weight is 847 g/mol. The van der Waals surface area contributed by atoms with Crippen LogP contribution < -0.4 is 32.9 Å². The number of halogens is 1. The fraction of sp³-hybridized carbons (Fsp3) is 0.489. The molecular formula is C47H63ClNO2PPd. The van der Waals surface area contributed by atoms with Crippen LogP contribution in [0.2, 0.25) is 0 Å². The minimum absolute atomic E-state index is 0. The molecule has 2 aliphatic rings. The van der Waals surface area contributed by atoms with Gasteiger partial charge in [0.25, 0.3) is 0 Å². The van der Waals surface area contributed by atoms with Crippen LogP contribution in [0.25, 0.3) is 22.3 Å². The average Bonchev–Trinajstić information content (AvgIpc) is 3.15. The van der Waals surface area contributed by atoms with Crippen molar-refractivity contribution in [1.82, 2.24) is 0 Å². The topological polar surface area (TPSA) is 44.5 Å². The number of para-hydroxylation sites is 1. The molecule has 0 radical (unpaired) electrons. The number of ether oxygens (including phenoxy) is 2. The van der Waals surface area contributed by atoms with E-state index in [0.717, 1.165) is 39.6 Å². The summed E-state index contributed by atoms with van der Waals surface area (Å²) in [6.07, 6.45) is 13.8. The molecule has 2 saturated carbocycles. The van der Waals surface area contributed by atoms with Gasteiger partial charge in [0.15, 0.2) is 0 Å². The van der Waals surface area contributed by atoms with E-state index in [1.165, 1.54) is 97.3 Å². The molecule has 0 amide bonds. The van der Waals surface area contributed by atoms with Gasteiger partial charge in [-0.05, 0) is 101 Å². The Labute approximate surface area is 343 Å². The van der Waals surface area contributed by atoms with Gasteiger partial charge in [-0.2, -0.15) is 0 Å². The molecule has 6 rings (SSSR count). The Morgan fingerprint density at radius 2 is 1.15 bits per heavy atom. The van der Waals surface area contributed by atoms with Crippen molar-refractivity contribution < 1.29 is 42.3 Å². The fourth-order valence-corrected chi connectivity index (χ4v) is 12.4. The van der Waals surface area contributed by atoms with E-state index in [9.17, 15) is 0 Å². The van der Waals surface area contributed by atoms with Crippen LogP contribution in [0, 0.1) is 6.07 Å². The predicted molar refractivity (Wildman–Crippen MR) is 223 cm³/mol. The molecule has 4 aromatic carbocycles. The Morgan fingerprint density at radius 3 is 1.60 bits per heavy atom. The van der Waals surface area contributed by atoms with Gasteiger partial charge < -0.3 is 27.6 Å². The molecule has 6 heteroatoms. The Kier molecular flexibility index (Phi) is 18.4.